The van der Waals surface area contributed by atoms with Gasteiger partial charge in [0, 0.05) is 61.6 Å². The first-order valence-corrected chi connectivity index (χ1v) is 11.7. The summed E-state index contributed by atoms with van der Waals surface area (Å²) in [6, 6.07) is 11.6. The molecule has 4 aromatic rings. The van der Waals surface area contributed by atoms with E-state index < -0.39 is 5.41 Å². The summed E-state index contributed by atoms with van der Waals surface area (Å²) in [5, 5.41) is 24.3. The molecule has 0 aliphatic carbocycles. The van der Waals surface area contributed by atoms with Crippen molar-refractivity contribution in [1.29, 1.82) is 5.26 Å². The van der Waals surface area contributed by atoms with Crippen molar-refractivity contribution in [3.63, 3.8) is 0 Å². The van der Waals surface area contributed by atoms with Crippen LogP contribution < -0.4 is 10.2 Å². The lowest BCUT2D eigenvalue weighted by atomic mass is 9.74. The molecule has 0 radical (unpaired) electrons. The summed E-state index contributed by atoms with van der Waals surface area (Å²) >= 11 is 0. The summed E-state index contributed by atoms with van der Waals surface area (Å²) in [5.41, 5.74) is 1.57. The molecule has 11 nitrogen and oxygen atoms in total. The van der Waals surface area contributed by atoms with Crippen molar-refractivity contribution in [2.45, 2.75) is 33.1 Å². The maximum absolute atomic E-state index is 13.2. The highest BCUT2D eigenvalue weighted by Gasteiger charge is 2.50. The van der Waals surface area contributed by atoms with Crippen LogP contribution in [0.1, 0.15) is 36.2 Å². The van der Waals surface area contributed by atoms with Gasteiger partial charge < -0.3 is 10.2 Å². The maximum Gasteiger partial charge on any atom is 0.227 e. The monoisotopic (exact) mass is 482 g/mol. The molecule has 2 N–H and O–H groups in total. The van der Waals surface area contributed by atoms with Gasteiger partial charge in [-0.1, -0.05) is 13.0 Å². The standard InChI is InChI=1S/C25H26N10O/c1-16(19-5-6-23(27-12-19)35-8-4-7-28-35)9-20(36)25(13-26)14-34(15-25)24-29-17(2)10-21(31-24)30-22-11-18(3)32-33-22/h4-8,10-12,16H,9,14-15H2,1-3H3,(H2,29,30,31,32,33)/t16-/m1/s1. The number of hydrogen-bond acceptors (Lipinski definition) is 9. The van der Waals surface area contributed by atoms with Crippen LogP contribution in [0.4, 0.5) is 17.6 Å². The molecule has 0 spiro atoms. The van der Waals surface area contributed by atoms with Gasteiger partial charge in [-0.2, -0.15) is 20.4 Å². The highest BCUT2D eigenvalue weighted by molar-refractivity contribution is 5.91. The third kappa shape index (κ3) is 4.53. The molecule has 5 rings (SSSR count). The lowest BCUT2D eigenvalue weighted by Crippen LogP contribution is -2.60. The smallest absolute Gasteiger partial charge is 0.227 e. The van der Waals surface area contributed by atoms with Gasteiger partial charge in [-0.15, -0.1) is 0 Å². The van der Waals surface area contributed by atoms with E-state index in [1.807, 2.05) is 62.2 Å². The van der Waals surface area contributed by atoms with Crippen molar-refractivity contribution < 1.29 is 4.79 Å². The highest BCUT2D eigenvalue weighted by Crippen LogP contribution is 2.37. The van der Waals surface area contributed by atoms with E-state index in [1.54, 1.807) is 17.1 Å². The fourth-order valence-corrected chi connectivity index (χ4v) is 4.25. The third-order valence-corrected chi connectivity index (χ3v) is 6.33. The molecule has 182 valence electrons. The molecule has 1 aliphatic rings. The topological polar surface area (TPSA) is 141 Å². The number of nitriles is 1. The highest BCUT2D eigenvalue weighted by atomic mass is 16.1. The second-order valence-electron chi connectivity index (χ2n) is 9.23. The number of rotatable bonds is 8. The molecule has 0 aromatic carbocycles. The van der Waals surface area contributed by atoms with Crippen LogP contribution in [0.2, 0.25) is 0 Å². The molecular weight excluding hydrogens is 456 g/mol. The van der Waals surface area contributed by atoms with E-state index in [2.05, 4.69) is 41.6 Å². The lowest BCUT2D eigenvalue weighted by Gasteiger charge is -2.44. The zero-order chi connectivity index (χ0) is 25.3. The van der Waals surface area contributed by atoms with Gasteiger partial charge in [0.25, 0.3) is 0 Å². The van der Waals surface area contributed by atoms with Crippen LogP contribution in [0.25, 0.3) is 5.82 Å². The minimum atomic E-state index is -1.07. The van der Waals surface area contributed by atoms with Gasteiger partial charge in [0.05, 0.1) is 6.07 Å². The quantitative estimate of drug-likeness (QED) is 0.387. The molecule has 36 heavy (non-hydrogen) atoms. The Labute approximate surface area is 208 Å². The van der Waals surface area contributed by atoms with Gasteiger partial charge in [0.2, 0.25) is 5.95 Å². The number of nitrogens with one attached hydrogen (secondary N) is 2. The number of aromatic amines is 1. The predicted molar refractivity (Wildman–Crippen MR) is 133 cm³/mol. The number of aromatic nitrogens is 7. The van der Waals surface area contributed by atoms with E-state index >= 15 is 0 Å². The Morgan fingerprint density at radius 1 is 1.25 bits per heavy atom. The Morgan fingerprint density at radius 3 is 2.72 bits per heavy atom. The molecule has 0 bridgehead atoms. The number of Topliss-reactive ketones (excluding diaryl/α,β-unsaturated/α-hetero) is 1. The van der Waals surface area contributed by atoms with Crippen LogP contribution >= 0.6 is 0 Å². The van der Waals surface area contributed by atoms with Gasteiger partial charge in [0.1, 0.15) is 5.82 Å². The number of H-pyrrole nitrogens is 1. The molecule has 11 heteroatoms. The average Bonchev–Trinajstić information content (AvgIpc) is 3.51. The Balaban J connectivity index is 1.24. The molecule has 1 atom stereocenters. The van der Waals surface area contributed by atoms with Crippen LogP contribution in [0.5, 0.6) is 0 Å². The molecule has 5 heterocycles. The molecule has 1 aliphatic heterocycles. The summed E-state index contributed by atoms with van der Waals surface area (Å²) < 4.78 is 1.68. The van der Waals surface area contributed by atoms with Gasteiger partial charge >= 0.3 is 0 Å². The van der Waals surface area contributed by atoms with Gasteiger partial charge in [-0.05, 0) is 37.5 Å². The van der Waals surface area contributed by atoms with Gasteiger partial charge in [-0.25, -0.2) is 14.6 Å². The second kappa shape index (κ2) is 9.22. The summed E-state index contributed by atoms with van der Waals surface area (Å²) in [6.07, 6.45) is 5.53. The van der Waals surface area contributed by atoms with Crippen LogP contribution in [-0.4, -0.2) is 53.8 Å². The van der Waals surface area contributed by atoms with Gasteiger partial charge in [-0.3, -0.25) is 9.89 Å². The molecule has 4 aromatic heterocycles. The molecule has 1 saturated heterocycles. The van der Waals surface area contributed by atoms with E-state index in [-0.39, 0.29) is 31.2 Å². The minimum absolute atomic E-state index is 0.0701. The molecule has 1 fully saturated rings. The first kappa shape index (κ1) is 23.2. The molecule has 0 amide bonds. The van der Waals surface area contributed by atoms with Crippen molar-refractivity contribution in [3.05, 3.63) is 65.9 Å². The van der Waals surface area contributed by atoms with Crippen LogP contribution in [0.3, 0.4) is 0 Å². The SMILES string of the molecule is Cc1cc(Nc2cc(C)[nH]n2)nc(N2CC(C#N)(C(=O)C[C@@H](C)c3ccc(-n4cccn4)nc3)C2)n1. The molecular formula is C25H26N10O. The summed E-state index contributed by atoms with van der Waals surface area (Å²) in [4.78, 5) is 28.6. The van der Waals surface area contributed by atoms with Crippen molar-refractivity contribution in [2.75, 3.05) is 23.3 Å². The number of pyridine rings is 1. The van der Waals surface area contributed by atoms with E-state index in [0.29, 0.717) is 23.4 Å². The zero-order valence-corrected chi connectivity index (χ0v) is 20.3. The van der Waals surface area contributed by atoms with Crippen LogP contribution in [0, 0.1) is 30.6 Å². The second-order valence-corrected chi connectivity index (χ2v) is 9.23. The predicted octanol–water partition coefficient (Wildman–Crippen LogP) is 3.23. The maximum atomic E-state index is 13.2. The van der Waals surface area contributed by atoms with Crippen molar-refractivity contribution >= 4 is 23.4 Å². The van der Waals surface area contributed by atoms with Crippen molar-refractivity contribution in [3.8, 4) is 11.9 Å². The van der Waals surface area contributed by atoms with Crippen molar-refractivity contribution in [2.24, 2.45) is 5.41 Å². The number of carbonyl (C=O) groups excluding carboxylic acids is 1. The summed E-state index contributed by atoms with van der Waals surface area (Å²) in [7, 11) is 0. The van der Waals surface area contributed by atoms with E-state index in [0.717, 1.165) is 17.0 Å². The first-order valence-electron chi connectivity index (χ1n) is 11.7. The Bertz CT molecular complexity index is 1410. The summed E-state index contributed by atoms with van der Waals surface area (Å²) in [6.45, 7) is 6.29. The third-order valence-electron chi connectivity index (χ3n) is 6.33. The average molecular weight is 483 g/mol. The van der Waals surface area contributed by atoms with E-state index in [1.165, 1.54) is 0 Å². The fraction of sp³-hybridized carbons (Fsp3) is 0.320. The Kier molecular flexibility index (Phi) is 5.93. The number of carbonyl (C=O) groups is 1. The van der Waals surface area contributed by atoms with Gasteiger partial charge in [0.15, 0.2) is 22.8 Å². The minimum Gasteiger partial charge on any atom is -0.336 e. The number of aryl methyl sites for hydroxylation is 2. The van der Waals surface area contributed by atoms with Crippen molar-refractivity contribution in [1.82, 2.24) is 34.9 Å². The number of anilines is 3. The Hall–Kier alpha value is -4.59. The molecule has 0 unspecified atom stereocenters. The largest absolute Gasteiger partial charge is 0.336 e. The normalized spacial score (nSPS) is 15.1. The number of ketones is 1. The van der Waals surface area contributed by atoms with Crippen LogP contribution in [0.15, 0.2) is 48.9 Å². The fourth-order valence-electron chi connectivity index (χ4n) is 4.25. The molecule has 0 saturated carbocycles. The summed E-state index contributed by atoms with van der Waals surface area (Å²) in [5.74, 6) is 2.30. The first-order chi connectivity index (χ1) is 17.3. The zero-order valence-electron chi connectivity index (χ0n) is 20.3. The van der Waals surface area contributed by atoms with Crippen LogP contribution in [-0.2, 0) is 4.79 Å². The number of hydrogen-bond donors (Lipinski definition) is 2. The Morgan fingerprint density at radius 2 is 2.08 bits per heavy atom. The van der Waals surface area contributed by atoms with E-state index in [9.17, 15) is 10.1 Å². The number of nitrogens with zero attached hydrogens (tertiary/aromatic N) is 8. The van der Waals surface area contributed by atoms with E-state index in [4.69, 9.17) is 0 Å². The lowest BCUT2D eigenvalue weighted by molar-refractivity contribution is -0.127.